The van der Waals surface area contributed by atoms with Crippen LogP contribution < -0.4 is 0 Å². The molecule has 8 nitrogen and oxygen atoms in total. The number of phenolic OH excluding ortho intramolecular Hbond substituents is 1. The molecular weight excluding hydrogens is 428 g/mol. The average Bonchev–Trinajstić information content (AvgIpc) is 2.74. The van der Waals surface area contributed by atoms with Gasteiger partial charge in [-0.3, -0.25) is 19.2 Å². The molecule has 0 aromatic heterocycles. The van der Waals surface area contributed by atoms with Gasteiger partial charge in [-0.1, -0.05) is 12.1 Å². The highest BCUT2D eigenvalue weighted by Crippen LogP contribution is 2.42. The maximum atomic E-state index is 13.4. The minimum atomic E-state index is -1.08. The number of aliphatic hydroxyl groups excluding tert-OH is 2. The molecule has 1 aliphatic carbocycles. The zero-order valence-electron chi connectivity index (χ0n) is 18.4. The highest BCUT2D eigenvalue weighted by atomic mass is 16.5. The summed E-state index contributed by atoms with van der Waals surface area (Å²) in [7, 11) is 0. The Morgan fingerprint density at radius 3 is 2.21 bits per heavy atom. The van der Waals surface area contributed by atoms with E-state index in [-0.39, 0.29) is 52.0 Å². The van der Waals surface area contributed by atoms with Crippen molar-refractivity contribution in [2.24, 2.45) is 0 Å². The van der Waals surface area contributed by atoms with Crippen LogP contribution in [0.5, 0.6) is 5.75 Å². The zero-order valence-corrected chi connectivity index (χ0v) is 18.4. The quantitative estimate of drug-likeness (QED) is 0.512. The number of Topliss-reactive ketones (excluding diaryl/α,β-unsaturated/α-hetero) is 2. The Kier molecular flexibility index (Phi) is 5.78. The van der Waals surface area contributed by atoms with Gasteiger partial charge in [-0.25, -0.2) is 0 Å². The van der Waals surface area contributed by atoms with Gasteiger partial charge in [0.05, 0.1) is 23.9 Å². The first-order valence-electron chi connectivity index (χ1n) is 10.7. The second-order valence-corrected chi connectivity index (χ2v) is 8.66. The molecule has 0 saturated carbocycles. The minimum absolute atomic E-state index is 0.000528. The maximum Gasteiger partial charge on any atom is 0.198 e. The van der Waals surface area contributed by atoms with E-state index in [1.165, 1.54) is 38.1 Å². The van der Waals surface area contributed by atoms with E-state index in [1.54, 1.807) is 6.92 Å². The second-order valence-electron chi connectivity index (χ2n) is 8.66. The van der Waals surface area contributed by atoms with Crippen molar-refractivity contribution in [2.45, 2.75) is 58.0 Å². The van der Waals surface area contributed by atoms with Gasteiger partial charge in [-0.05, 0) is 38.5 Å². The molecule has 0 spiro atoms. The van der Waals surface area contributed by atoms with Crippen molar-refractivity contribution in [2.75, 3.05) is 0 Å². The lowest BCUT2D eigenvalue weighted by Gasteiger charge is -2.36. The van der Waals surface area contributed by atoms with Gasteiger partial charge < -0.3 is 20.1 Å². The fraction of sp³-hybridized carbons (Fsp3) is 0.360. The third kappa shape index (κ3) is 3.70. The molecule has 0 radical (unpaired) electrons. The van der Waals surface area contributed by atoms with Crippen LogP contribution in [-0.4, -0.2) is 56.8 Å². The predicted octanol–water partition coefficient (Wildman–Crippen LogP) is 2.07. The standard InChI is InChI=1S/C25H24O8/c1-10(26)8-13-4-5-15-20(19(13)11(2)27)24(31)16-7-6-14(23(30)21(16)25(15)32)18-9-17(28)22(29)12(3)33-18/h4-7,12,17-18,22,28-30H,8-9H2,1-3H3/t12-,17-,18-,22-/m1/s1. The van der Waals surface area contributed by atoms with Gasteiger partial charge in [0.15, 0.2) is 17.3 Å². The first-order valence-corrected chi connectivity index (χ1v) is 10.7. The number of hydrogen-bond donors (Lipinski definition) is 3. The zero-order chi connectivity index (χ0) is 24.2. The van der Waals surface area contributed by atoms with Gasteiger partial charge in [0.25, 0.3) is 0 Å². The molecule has 4 atom stereocenters. The highest BCUT2D eigenvalue weighted by Gasteiger charge is 2.40. The van der Waals surface area contributed by atoms with Crippen molar-refractivity contribution in [1.29, 1.82) is 0 Å². The van der Waals surface area contributed by atoms with Crippen LogP contribution in [0.1, 0.15) is 86.6 Å². The van der Waals surface area contributed by atoms with Crippen molar-refractivity contribution < 1.29 is 39.2 Å². The molecule has 1 fully saturated rings. The van der Waals surface area contributed by atoms with E-state index >= 15 is 0 Å². The van der Waals surface area contributed by atoms with E-state index in [0.29, 0.717) is 5.56 Å². The topological polar surface area (TPSA) is 138 Å². The number of ether oxygens (including phenoxy) is 1. The molecule has 172 valence electrons. The number of benzene rings is 2. The van der Waals surface area contributed by atoms with E-state index in [2.05, 4.69) is 0 Å². The number of phenols is 1. The van der Waals surface area contributed by atoms with E-state index < -0.39 is 47.5 Å². The Balaban J connectivity index is 1.85. The van der Waals surface area contributed by atoms with E-state index in [9.17, 15) is 34.5 Å². The molecule has 0 unspecified atom stereocenters. The second kappa shape index (κ2) is 8.30. The summed E-state index contributed by atoms with van der Waals surface area (Å²) in [6.07, 6.45) is -3.70. The third-order valence-corrected chi connectivity index (χ3v) is 6.29. The number of aromatic hydroxyl groups is 1. The van der Waals surface area contributed by atoms with E-state index in [1.807, 2.05) is 0 Å². The Morgan fingerprint density at radius 2 is 1.61 bits per heavy atom. The fourth-order valence-corrected chi connectivity index (χ4v) is 4.71. The molecule has 0 amide bonds. The van der Waals surface area contributed by atoms with Crippen molar-refractivity contribution in [3.05, 3.63) is 63.2 Å². The summed E-state index contributed by atoms with van der Waals surface area (Å²) in [6.45, 7) is 4.23. The van der Waals surface area contributed by atoms with Gasteiger partial charge in [0, 0.05) is 40.7 Å². The Bertz CT molecular complexity index is 1200. The van der Waals surface area contributed by atoms with Crippen molar-refractivity contribution in [3.63, 3.8) is 0 Å². The first kappa shape index (κ1) is 23.0. The van der Waals surface area contributed by atoms with Crippen LogP contribution >= 0.6 is 0 Å². The van der Waals surface area contributed by atoms with Crippen LogP contribution in [0.2, 0.25) is 0 Å². The third-order valence-electron chi connectivity index (χ3n) is 6.29. The summed E-state index contributed by atoms with van der Waals surface area (Å²) in [6, 6.07) is 5.71. The summed E-state index contributed by atoms with van der Waals surface area (Å²) in [4.78, 5) is 50.8. The monoisotopic (exact) mass is 452 g/mol. The largest absolute Gasteiger partial charge is 0.507 e. The summed E-state index contributed by atoms with van der Waals surface area (Å²) < 4.78 is 5.72. The molecule has 3 N–H and O–H groups in total. The lowest BCUT2D eigenvalue weighted by molar-refractivity contribution is -0.163. The lowest BCUT2D eigenvalue weighted by atomic mass is 9.77. The molecule has 1 aliphatic heterocycles. The molecule has 1 saturated heterocycles. The Labute approximate surface area is 189 Å². The first-order chi connectivity index (χ1) is 15.5. The molecule has 2 aliphatic rings. The van der Waals surface area contributed by atoms with Crippen molar-refractivity contribution in [1.82, 2.24) is 0 Å². The van der Waals surface area contributed by atoms with Crippen LogP contribution in [0.4, 0.5) is 0 Å². The van der Waals surface area contributed by atoms with Gasteiger partial charge in [-0.2, -0.15) is 0 Å². The molecule has 8 heteroatoms. The molecule has 33 heavy (non-hydrogen) atoms. The van der Waals surface area contributed by atoms with Crippen LogP contribution in [0.25, 0.3) is 0 Å². The summed E-state index contributed by atoms with van der Waals surface area (Å²) in [5, 5.41) is 31.0. The molecular formula is C25H24O8. The number of carbonyl (C=O) groups is 4. The minimum Gasteiger partial charge on any atom is -0.507 e. The van der Waals surface area contributed by atoms with Crippen LogP contribution in [0.15, 0.2) is 24.3 Å². The fourth-order valence-electron chi connectivity index (χ4n) is 4.71. The Hall–Kier alpha value is -3.20. The van der Waals surface area contributed by atoms with Gasteiger partial charge >= 0.3 is 0 Å². The predicted molar refractivity (Wildman–Crippen MR) is 116 cm³/mol. The van der Waals surface area contributed by atoms with Gasteiger partial charge in [0.1, 0.15) is 17.6 Å². The van der Waals surface area contributed by atoms with Gasteiger partial charge in [-0.15, -0.1) is 0 Å². The van der Waals surface area contributed by atoms with E-state index in [4.69, 9.17) is 4.74 Å². The molecule has 2 aromatic rings. The number of aliphatic hydroxyl groups is 2. The van der Waals surface area contributed by atoms with Crippen molar-refractivity contribution >= 4 is 23.1 Å². The Morgan fingerprint density at radius 1 is 1.00 bits per heavy atom. The van der Waals surface area contributed by atoms with E-state index in [0.717, 1.165) is 0 Å². The molecule has 1 heterocycles. The van der Waals surface area contributed by atoms with Crippen LogP contribution in [-0.2, 0) is 16.0 Å². The van der Waals surface area contributed by atoms with Crippen LogP contribution in [0.3, 0.4) is 0 Å². The number of carbonyl (C=O) groups excluding carboxylic acids is 4. The van der Waals surface area contributed by atoms with Crippen molar-refractivity contribution in [3.8, 4) is 5.75 Å². The smallest absolute Gasteiger partial charge is 0.198 e. The number of hydrogen-bond acceptors (Lipinski definition) is 8. The van der Waals surface area contributed by atoms with Gasteiger partial charge in [0.2, 0.25) is 0 Å². The molecule has 4 rings (SSSR count). The average molecular weight is 452 g/mol. The SMILES string of the molecule is CC(=O)Cc1ccc2c(c1C(C)=O)C(=O)c1ccc([C@H]3C[C@@H](O)[C@H](O)[C@@H](C)O3)c(O)c1C2=O. The molecule has 2 aromatic carbocycles. The number of fused-ring (bicyclic) bond motifs is 2. The number of ketones is 4. The summed E-state index contributed by atoms with van der Waals surface area (Å²) >= 11 is 0. The maximum absolute atomic E-state index is 13.4. The summed E-state index contributed by atoms with van der Waals surface area (Å²) in [5.74, 6) is -2.28. The molecule has 0 bridgehead atoms. The summed E-state index contributed by atoms with van der Waals surface area (Å²) in [5.41, 5.74) is 0.290. The highest BCUT2D eigenvalue weighted by molar-refractivity contribution is 6.32. The lowest BCUT2D eigenvalue weighted by Crippen LogP contribution is -2.44. The number of rotatable bonds is 4. The van der Waals surface area contributed by atoms with Crippen LogP contribution in [0, 0.1) is 0 Å². The normalized spacial score (nSPS) is 24.3.